The minimum absolute atomic E-state index is 0.508. The first-order valence-electron chi connectivity index (χ1n) is 9.46. The molecule has 1 fully saturated rings. The molecule has 1 nitrogen and oxygen atoms in total. The fourth-order valence-electron chi connectivity index (χ4n) is 2.88. The van der Waals surface area contributed by atoms with Crippen LogP contribution < -0.4 is 0 Å². The Morgan fingerprint density at radius 1 is 0.818 bits per heavy atom. The van der Waals surface area contributed by atoms with Gasteiger partial charge in [0.1, 0.15) is 0 Å². The summed E-state index contributed by atoms with van der Waals surface area (Å²) in [6.45, 7) is 5.94. The van der Waals surface area contributed by atoms with Gasteiger partial charge in [0.15, 0.2) is 0 Å². The van der Waals surface area contributed by atoms with E-state index in [2.05, 4.69) is 31.7 Å². The first kappa shape index (κ1) is 19.2. The highest BCUT2D eigenvalue weighted by atomic mass is 16.6. The Bertz CT molecular complexity index is 316. The maximum Gasteiger partial charge on any atom is 0.0876 e. The van der Waals surface area contributed by atoms with Crippen molar-refractivity contribution in [1.29, 1.82) is 0 Å². The Balaban J connectivity index is 1.82. The molecule has 0 N–H and O–H groups in total. The topological polar surface area (TPSA) is 12.5 Å². The predicted octanol–water partition coefficient (Wildman–Crippen LogP) is 6.75. The number of epoxide rings is 1. The first-order valence-corrected chi connectivity index (χ1v) is 9.46. The van der Waals surface area contributed by atoms with Gasteiger partial charge in [-0.1, -0.05) is 102 Å². The van der Waals surface area contributed by atoms with Crippen LogP contribution in [0.2, 0.25) is 0 Å². The Morgan fingerprint density at radius 3 is 2.18 bits per heavy atom. The molecule has 1 heteroatoms. The fourth-order valence-corrected chi connectivity index (χ4v) is 2.88. The predicted molar refractivity (Wildman–Crippen MR) is 98.2 cm³/mol. The van der Waals surface area contributed by atoms with Crippen molar-refractivity contribution in [3.05, 3.63) is 37.0 Å². The number of ether oxygens (including phenoxy) is 1. The number of hydrogen-bond acceptors (Lipinski definition) is 1. The van der Waals surface area contributed by atoms with Gasteiger partial charge >= 0.3 is 0 Å². The average molecular weight is 305 g/mol. The molecule has 1 saturated heterocycles. The van der Waals surface area contributed by atoms with Crippen molar-refractivity contribution in [2.75, 3.05) is 0 Å². The summed E-state index contributed by atoms with van der Waals surface area (Å²) in [5, 5.41) is 0. The third kappa shape index (κ3) is 10.8. The fraction of sp³-hybridized carbons (Fsp3) is 0.714. The molecule has 0 amide bonds. The Morgan fingerprint density at radius 2 is 1.50 bits per heavy atom. The summed E-state index contributed by atoms with van der Waals surface area (Å²) in [6, 6.07) is 0. The smallest absolute Gasteiger partial charge is 0.0876 e. The van der Waals surface area contributed by atoms with Crippen molar-refractivity contribution >= 4 is 0 Å². The third-order valence-electron chi connectivity index (χ3n) is 4.36. The van der Waals surface area contributed by atoms with Crippen LogP contribution in [0.3, 0.4) is 0 Å². The summed E-state index contributed by atoms with van der Waals surface area (Å²) < 4.78 is 5.73. The molecule has 0 aromatic carbocycles. The molecule has 0 aromatic heterocycles. The molecule has 1 aliphatic heterocycles. The van der Waals surface area contributed by atoms with E-state index in [1.165, 1.54) is 64.2 Å². The lowest BCUT2D eigenvalue weighted by Gasteiger charge is -2.01. The van der Waals surface area contributed by atoms with Crippen molar-refractivity contribution in [1.82, 2.24) is 0 Å². The molecule has 1 heterocycles. The molecule has 1 rings (SSSR count). The molecule has 0 radical (unpaired) electrons. The highest BCUT2D eigenvalue weighted by molar-refractivity contribution is 5.02. The Kier molecular flexibility index (Phi) is 12.1. The van der Waals surface area contributed by atoms with Gasteiger partial charge in [-0.3, -0.25) is 0 Å². The molecule has 126 valence electrons. The molecule has 0 aliphatic carbocycles. The zero-order chi connectivity index (χ0) is 15.9. The van der Waals surface area contributed by atoms with E-state index in [9.17, 15) is 0 Å². The summed E-state index contributed by atoms with van der Waals surface area (Å²) in [6.07, 6.45) is 27.5. The monoisotopic (exact) mass is 304 g/mol. The van der Waals surface area contributed by atoms with E-state index >= 15 is 0 Å². The van der Waals surface area contributed by atoms with Gasteiger partial charge in [-0.15, -0.1) is 0 Å². The molecule has 1 aliphatic rings. The van der Waals surface area contributed by atoms with E-state index in [0.29, 0.717) is 12.2 Å². The van der Waals surface area contributed by atoms with E-state index in [1.807, 2.05) is 12.2 Å². The highest BCUT2D eigenvalue weighted by Crippen LogP contribution is 2.30. The minimum atomic E-state index is 0.508. The maximum absolute atomic E-state index is 5.73. The average Bonchev–Trinajstić information content (AvgIpc) is 3.27. The normalized spacial score (nSPS) is 21.0. The second-order valence-corrected chi connectivity index (χ2v) is 6.44. The molecule has 22 heavy (non-hydrogen) atoms. The minimum Gasteiger partial charge on any atom is -0.369 e. The van der Waals surface area contributed by atoms with Gasteiger partial charge in [0.05, 0.1) is 12.2 Å². The van der Waals surface area contributed by atoms with Crippen LogP contribution in [0.4, 0.5) is 0 Å². The van der Waals surface area contributed by atoms with Crippen LogP contribution >= 0.6 is 0 Å². The van der Waals surface area contributed by atoms with Crippen LogP contribution in [-0.2, 0) is 4.74 Å². The van der Waals surface area contributed by atoms with Crippen LogP contribution in [0.15, 0.2) is 37.0 Å². The lowest BCUT2D eigenvalue weighted by Crippen LogP contribution is -1.93. The molecule has 2 atom stereocenters. The molecule has 0 unspecified atom stereocenters. The SMILES string of the molecule is C=CC=CCC=CC[C@H]1O[C@@H]1CCCCCCCCCCC. The zero-order valence-corrected chi connectivity index (χ0v) is 14.6. The lowest BCUT2D eigenvalue weighted by atomic mass is 10.0. The van der Waals surface area contributed by atoms with Crippen molar-refractivity contribution in [3.63, 3.8) is 0 Å². The van der Waals surface area contributed by atoms with Gasteiger partial charge in [0, 0.05) is 0 Å². The van der Waals surface area contributed by atoms with Crippen LogP contribution in [0.5, 0.6) is 0 Å². The van der Waals surface area contributed by atoms with Gasteiger partial charge in [0.25, 0.3) is 0 Å². The maximum atomic E-state index is 5.73. The van der Waals surface area contributed by atoms with E-state index in [-0.39, 0.29) is 0 Å². The second kappa shape index (κ2) is 13.8. The van der Waals surface area contributed by atoms with Gasteiger partial charge in [0.2, 0.25) is 0 Å². The first-order chi connectivity index (χ1) is 10.9. The lowest BCUT2D eigenvalue weighted by molar-refractivity contribution is 0.358. The van der Waals surface area contributed by atoms with Gasteiger partial charge < -0.3 is 4.74 Å². The van der Waals surface area contributed by atoms with Crippen LogP contribution in [0.25, 0.3) is 0 Å². The Hall–Kier alpha value is -0.820. The van der Waals surface area contributed by atoms with Gasteiger partial charge in [-0.2, -0.15) is 0 Å². The van der Waals surface area contributed by atoms with Crippen molar-refractivity contribution < 1.29 is 4.74 Å². The molecular formula is C21H36O. The summed E-state index contributed by atoms with van der Waals surface area (Å²) in [7, 11) is 0. The van der Waals surface area contributed by atoms with E-state index < -0.39 is 0 Å². The van der Waals surface area contributed by atoms with Crippen LogP contribution in [-0.4, -0.2) is 12.2 Å². The number of allylic oxidation sites excluding steroid dienone is 4. The summed E-state index contributed by atoms with van der Waals surface area (Å²) in [5.74, 6) is 0. The summed E-state index contributed by atoms with van der Waals surface area (Å²) >= 11 is 0. The largest absolute Gasteiger partial charge is 0.369 e. The van der Waals surface area contributed by atoms with Gasteiger partial charge in [-0.25, -0.2) is 0 Å². The third-order valence-corrected chi connectivity index (χ3v) is 4.36. The molecule has 0 spiro atoms. The quantitative estimate of drug-likeness (QED) is 0.141. The van der Waals surface area contributed by atoms with E-state index in [4.69, 9.17) is 4.74 Å². The summed E-state index contributed by atoms with van der Waals surface area (Å²) in [4.78, 5) is 0. The van der Waals surface area contributed by atoms with Crippen LogP contribution in [0, 0.1) is 0 Å². The number of unbranched alkanes of at least 4 members (excludes halogenated alkanes) is 8. The number of hydrogen-bond donors (Lipinski definition) is 0. The Labute approximate surface area is 138 Å². The van der Waals surface area contributed by atoms with Crippen molar-refractivity contribution in [3.8, 4) is 0 Å². The standard InChI is InChI=1S/C21H36O/c1-3-5-7-9-11-12-13-15-17-19-21-20(22-21)18-16-14-10-8-6-4-2/h4,6,8,14,16,20-21H,2-3,5,7,9-13,15,17-19H2,1H3/t20-,21-/m1/s1. The van der Waals surface area contributed by atoms with Crippen molar-refractivity contribution in [2.24, 2.45) is 0 Å². The molecule has 0 saturated carbocycles. The highest BCUT2D eigenvalue weighted by Gasteiger charge is 2.36. The van der Waals surface area contributed by atoms with E-state index in [0.717, 1.165) is 12.8 Å². The second-order valence-electron chi connectivity index (χ2n) is 6.44. The molecule has 0 bridgehead atoms. The number of rotatable bonds is 15. The van der Waals surface area contributed by atoms with Gasteiger partial charge in [-0.05, 0) is 19.3 Å². The molecule has 0 aromatic rings. The van der Waals surface area contributed by atoms with E-state index in [1.54, 1.807) is 0 Å². The molecular weight excluding hydrogens is 268 g/mol. The van der Waals surface area contributed by atoms with Crippen molar-refractivity contribution in [2.45, 2.75) is 96.2 Å². The summed E-state index contributed by atoms with van der Waals surface area (Å²) in [5.41, 5.74) is 0. The zero-order valence-electron chi connectivity index (χ0n) is 14.6. The van der Waals surface area contributed by atoms with Crippen LogP contribution in [0.1, 0.15) is 84.0 Å².